The van der Waals surface area contributed by atoms with E-state index >= 15 is 0 Å². The molecular weight excluding hydrogens is 486 g/mol. The van der Waals surface area contributed by atoms with Crippen molar-refractivity contribution in [2.45, 2.75) is 84.7 Å². The zero-order valence-electron chi connectivity index (χ0n) is 24.6. The molecule has 6 nitrogen and oxygen atoms in total. The predicted molar refractivity (Wildman–Crippen MR) is 161 cm³/mol. The number of likely N-dealkylation sites (tertiary alicyclic amines) is 1. The van der Waals surface area contributed by atoms with Gasteiger partial charge in [0.2, 0.25) is 0 Å². The number of amides is 3. The highest BCUT2D eigenvalue weighted by molar-refractivity contribution is 5.92. The third kappa shape index (κ3) is 9.68. The van der Waals surface area contributed by atoms with E-state index in [1.54, 1.807) is 4.90 Å². The number of carbonyl (C=O) groups is 2. The zero-order valence-corrected chi connectivity index (χ0v) is 24.6. The van der Waals surface area contributed by atoms with E-state index in [4.69, 9.17) is 4.74 Å². The van der Waals surface area contributed by atoms with Crippen LogP contribution in [0.15, 0.2) is 48.5 Å². The molecule has 1 N–H and O–H groups in total. The highest BCUT2D eigenvalue weighted by Gasteiger charge is 2.28. The Labute approximate surface area is 236 Å². The standard InChI is InChI=1S/C33H49N3O3/c1-5-7-8-9-10-20-34-33(38)35(4)30-13-11-12-29(25-30)28-16-14-27(15-17-28)24-31(39-23-6-2)32(37)36-21-18-26(3)19-22-36/h11-17,25-26,31H,5-10,18-24H2,1-4H3,(H,34,38). The van der Waals surface area contributed by atoms with Gasteiger partial charge in [0.1, 0.15) is 6.10 Å². The Kier molecular flexibility index (Phi) is 12.8. The van der Waals surface area contributed by atoms with Gasteiger partial charge in [-0.25, -0.2) is 4.79 Å². The molecule has 0 spiro atoms. The van der Waals surface area contributed by atoms with Crippen LogP contribution in [0.2, 0.25) is 0 Å². The van der Waals surface area contributed by atoms with Crippen LogP contribution in [0.25, 0.3) is 11.1 Å². The first-order chi connectivity index (χ1) is 18.9. The molecule has 1 fully saturated rings. The largest absolute Gasteiger partial charge is 0.368 e. The first-order valence-corrected chi connectivity index (χ1v) is 15.0. The van der Waals surface area contributed by atoms with Gasteiger partial charge in [0.05, 0.1) is 0 Å². The van der Waals surface area contributed by atoms with Gasteiger partial charge in [0.25, 0.3) is 5.91 Å². The number of piperidine rings is 1. The minimum Gasteiger partial charge on any atom is -0.368 e. The summed E-state index contributed by atoms with van der Waals surface area (Å²) in [6, 6.07) is 16.3. The molecule has 0 aliphatic carbocycles. The lowest BCUT2D eigenvalue weighted by molar-refractivity contribution is -0.145. The van der Waals surface area contributed by atoms with Crippen LogP contribution in [-0.2, 0) is 16.0 Å². The van der Waals surface area contributed by atoms with Crippen LogP contribution in [-0.4, -0.2) is 56.2 Å². The zero-order chi connectivity index (χ0) is 28.0. The SMILES string of the molecule is CCCCCCCNC(=O)N(C)c1cccc(-c2ccc(CC(OCCC)C(=O)N3CCC(C)CC3)cc2)c1. The Morgan fingerprint density at radius 2 is 1.69 bits per heavy atom. The van der Waals surface area contributed by atoms with Gasteiger partial charge >= 0.3 is 6.03 Å². The number of nitrogens with one attached hydrogen (secondary N) is 1. The number of anilines is 1. The molecule has 39 heavy (non-hydrogen) atoms. The molecule has 1 aliphatic rings. The van der Waals surface area contributed by atoms with Crippen molar-refractivity contribution >= 4 is 17.6 Å². The number of nitrogens with zero attached hydrogens (tertiary/aromatic N) is 2. The van der Waals surface area contributed by atoms with Crippen molar-refractivity contribution in [1.82, 2.24) is 10.2 Å². The summed E-state index contributed by atoms with van der Waals surface area (Å²) in [6.07, 6.45) is 9.03. The molecule has 0 radical (unpaired) electrons. The lowest BCUT2D eigenvalue weighted by Crippen LogP contribution is -2.45. The van der Waals surface area contributed by atoms with E-state index in [1.165, 1.54) is 19.3 Å². The summed E-state index contributed by atoms with van der Waals surface area (Å²) in [5, 5.41) is 3.04. The Morgan fingerprint density at radius 3 is 2.38 bits per heavy atom. The van der Waals surface area contributed by atoms with Gasteiger partial charge in [-0.15, -0.1) is 0 Å². The van der Waals surface area contributed by atoms with Crippen molar-refractivity contribution in [1.29, 1.82) is 0 Å². The van der Waals surface area contributed by atoms with Gasteiger partial charge in [-0.2, -0.15) is 0 Å². The second-order valence-corrected chi connectivity index (χ2v) is 11.0. The van der Waals surface area contributed by atoms with Crippen LogP contribution in [0, 0.1) is 5.92 Å². The van der Waals surface area contributed by atoms with Gasteiger partial charge in [-0.05, 0) is 60.4 Å². The lowest BCUT2D eigenvalue weighted by atomic mass is 9.97. The van der Waals surface area contributed by atoms with Crippen LogP contribution in [0.4, 0.5) is 10.5 Å². The molecule has 1 atom stereocenters. The third-order valence-electron chi connectivity index (χ3n) is 7.70. The Balaban J connectivity index is 1.60. The fourth-order valence-electron chi connectivity index (χ4n) is 5.01. The molecule has 0 bridgehead atoms. The van der Waals surface area contributed by atoms with Gasteiger partial charge in [0, 0.05) is 45.4 Å². The van der Waals surface area contributed by atoms with Gasteiger partial charge in [-0.1, -0.05) is 82.9 Å². The minimum atomic E-state index is -0.439. The smallest absolute Gasteiger partial charge is 0.321 e. The fraction of sp³-hybridized carbons (Fsp3) is 0.576. The molecule has 1 unspecified atom stereocenters. The molecule has 2 aromatic rings. The van der Waals surface area contributed by atoms with E-state index in [0.29, 0.717) is 25.5 Å². The Morgan fingerprint density at radius 1 is 0.974 bits per heavy atom. The van der Waals surface area contributed by atoms with Crippen LogP contribution >= 0.6 is 0 Å². The number of hydrogen-bond donors (Lipinski definition) is 1. The van der Waals surface area contributed by atoms with Crippen LogP contribution in [0.1, 0.15) is 77.7 Å². The Bertz CT molecular complexity index is 1020. The van der Waals surface area contributed by atoms with Crippen molar-refractivity contribution in [2.24, 2.45) is 5.92 Å². The molecule has 3 amide bonds. The number of carbonyl (C=O) groups excluding carboxylic acids is 2. The fourth-order valence-corrected chi connectivity index (χ4v) is 5.01. The predicted octanol–water partition coefficient (Wildman–Crippen LogP) is 7.07. The highest BCUT2D eigenvalue weighted by Crippen LogP contribution is 2.26. The average molecular weight is 536 g/mol. The van der Waals surface area contributed by atoms with Gasteiger partial charge in [0.15, 0.2) is 0 Å². The summed E-state index contributed by atoms with van der Waals surface area (Å²) in [7, 11) is 1.81. The topological polar surface area (TPSA) is 61.9 Å². The molecule has 214 valence electrons. The third-order valence-corrected chi connectivity index (χ3v) is 7.70. The number of rotatable bonds is 14. The monoisotopic (exact) mass is 535 g/mol. The van der Waals surface area contributed by atoms with Crippen molar-refractivity contribution in [3.63, 3.8) is 0 Å². The second-order valence-electron chi connectivity index (χ2n) is 11.0. The first kappa shape index (κ1) is 30.7. The molecule has 2 aromatic carbocycles. The van der Waals surface area contributed by atoms with E-state index in [2.05, 4.69) is 56.4 Å². The van der Waals surface area contributed by atoms with Crippen molar-refractivity contribution < 1.29 is 14.3 Å². The van der Waals surface area contributed by atoms with Crippen molar-refractivity contribution in [3.8, 4) is 11.1 Å². The van der Waals surface area contributed by atoms with E-state index < -0.39 is 6.10 Å². The minimum absolute atomic E-state index is 0.0797. The number of urea groups is 1. The van der Waals surface area contributed by atoms with Crippen molar-refractivity contribution in [2.75, 3.05) is 38.2 Å². The summed E-state index contributed by atoms with van der Waals surface area (Å²) in [4.78, 5) is 29.6. The molecular formula is C33H49N3O3. The van der Waals surface area contributed by atoms with Gasteiger partial charge < -0.3 is 15.0 Å². The van der Waals surface area contributed by atoms with E-state index in [1.807, 2.05) is 30.1 Å². The van der Waals surface area contributed by atoms with Crippen LogP contribution in [0.5, 0.6) is 0 Å². The molecule has 1 saturated heterocycles. The van der Waals surface area contributed by atoms with Crippen LogP contribution in [0.3, 0.4) is 0 Å². The summed E-state index contributed by atoms with van der Waals surface area (Å²) in [5.74, 6) is 0.805. The first-order valence-electron chi connectivity index (χ1n) is 15.0. The molecule has 0 saturated carbocycles. The summed E-state index contributed by atoms with van der Waals surface area (Å²) in [5.41, 5.74) is 4.07. The van der Waals surface area contributed by atoms with Crippen molar-refractivity contribution in [3.05, 3.63) is 54.1 Å². The molecule has 1 heterocycles. The Hall–Kier alpha value is -2.86. The molecule has 6 heteroatoms. The maximum absolute atomic E-state index is 13.2. The molecule has 1 aliphatic heterocycles. The lowest BCUT2D eigenvalue weighted by Gasteiger charge is -2.33. The second kappa shape index (κ2) is 16.3. The van der Waals surface area contributed by atoms with E-state index in [9.17, 15) is 9.59 Å². The quantitative estimate of drug-likeness (QED) is 0.263. The number of unbranched alkanes of at least 4 members (excludes halogenated alkanes) is 4. The normalized spacial score (nSPS) is 14.7. The van der Waals surface area contributed by atoms with E-state index in [-0.39, 0.29) is 11.9 Å². The maximum atomic E-state index is 13.2. The summed E-state index contributed by atoms with van der Waals surface area (Å²) < 4.78 is 6.03. The summed E-state index contributed by atoms with van der Waals surface area (Å²) >= 11 is 0. The number of benzene rings is 2. The van der Waals surface area contributed by atoms with E-state index in [0.717, 1.165) is 67.6 Å². The maximum Gasteiger partial charge on any atom is 0.321 e. The average Bonchev–Trinajstić information content (AvgIpc) is 2.97. The highest BCUT2D eigenvalue weighted by atomic mass is 16.5. The van der Waals surface area contributed by atoms with Gasteiger partial charge in [-0.3, -0.25) is 9.69 Å². The van der Waals surface area contributed by atoms with Crippen LogP contribution < -0.4 is 10.2 Å². The molecule has 3 rings (SSSR count). The number of hydrogen-bond acceptors (Lipinski definition) is 3. The molecule has 0 aromatic heterocycles. The number of ether oxygens (including phenoxy) is 1. The summed E-state index contributed by atoms with van der Waals surface area (Å²) in [6.45, 7) is 9.48.